The Kier molecular flexibility index (Phi) is 5.41. The van der Waals surface area contributed by atoms with Gasteiger partial charge in [0.15, 0.2) is 5.82 Å². The third-order valence-corrected chi connectivity index (χ3v) is 4.16. The molecule has 0 bridgehead atoms. The zero-order valence-corrected chi connectivity index (χ0v) is 15.1. The third-order valence-electron chi connectivity index (χ3n) is 3.18. The summed E-state index contributed by atoms with van der Waals surface area (Å²) < 4.78 is 2.77. The molecule has 0 atom stereocenters. The molecule has 0 aliphatic rings. The molecule has 0 aromatic carbocycles. The third kappa shape index (κ3) is 3.84. The van der Waals surface area contributed by atoms with Crippen molar-refractivity contribution in [2.75, 3.05) is 6.54 Å². The van der Waals surface area contributed by atoms with Crippen LogP contribution in [0.4, 0.5) is 0 Å². The Bertz CT molecular complexity index is 637. The zero-order chi connectivity index (χ0) is 15.6. The summed E-state index contributed by atoms with van der Waals surface area (Å²) >= 11 is 9.72. The molecule has 2 rings (SSSR count). The molecule has 0 fully saturated rings. The molecule has 0 radical (unpaired) electrons. The lowest BCUT2D eigenvalue weighted by atomic mass is 10.2. The van der Waals surface area contributed by atoms with Gasteiger partial charge in [-0.1, -0.05) is 25.4 Å². The number of aromatic nitrogens is 3. The molecular formula is C15H20BrClN4. The fourth-order valence-corrected chi connectivity index (χ4v) is 2.62. The van der Waals surface area contributed by atoms with Crippen molar-refractivity contribution in [1.82, 2.24) is 20.1 Å². The van der Waals surface area contributed by atoms with Crippen LogP contribution < -0.4 is 5.32 Å². The van der Waals surface area contributed by atoms with Crippen LogP contribution in [-0.2, 0) is 6.54 Å². The van der Waals surface area contributed by atoms with Crippen LogP contribution in [0.15, 0.2) is 16.7 Å². The smallest absolute Gasteiger partial charge is 0.158 e. The number of hydrogen-bond donors (Lipinski definition) is 1. The minimum Gasteiger partial charge on any atom is -0.312 e. The van der Waals surface area contributed by atoms with Crippen LogP contribution in [0.25, 0.3) is 5.82 Å². The largest absolute Gasteiger partial charge is 0.312 e. The van der Waals surface area contributed by atoms with Gasteiger partial charge >= 0.3 is 0 Å². The van der Waals surface area contributed by atoms with Crippen LogP contribution in [0.2, 0.25) is 5.02 Å². The Hall–Kier alpha value is -0.910. The van der Waals surface area contributed by atoms with E-state index in [0.29, 0.717) is 10.9 Å². The van der Waals surface area contributed by atoms with Gasteiger partial charge in [-0.05, 0) is 48.3 Å². The van der Waals surface area contributed by atoms with Crippen molar-refractivity contribution in [2.45, 2.75) is 34.2 Å². The summed E-state index contributed by atoms with van der Waals surface area (Å²) in [5.74, 6) is 1.43. The van der Waals surface area contributed by atoms with Crippen LogP contribution in [-0.4, -0.2) is 21.3 Å². The van der Waals surface area contributed by atoms with Crippen LogP contribution in [0.3, 0.4) is 0 Å². The van der Waals surface area contributed by atoms with Crippen molar-refractivity contribution in [3.8, 4) is 5.82 Å². The number of aryl methyl sites for hydroxylation is 1. The zero-order valence-electron chi connectivity index (χ0n) is 12.7. The molecule has 0 unspecified atom stereocenters. The quantitative estimate of drug-likeness (QED) is 0.862. The number of rotatable bonds is 5. The second kappa shape index (κ2) is 6.90. The van der Waals surface area contributed by atoms with Gasteiger partial charge in [-0.3, -0.25) is 0 Å². The molecule has 0 aliphatic carbocycles. The lowest BCUT2D eigenvalue weighted by Crippen LogP contribution is -2.20. The van der Waals surface area contributed by atoms with Crippen molar-refractivity contribution in [2.24, 2.45) is 5.92 Å². The molecule has 2 heterocycles. The summed E-state index contributed by atoms with van der Waals surface area (Å²) in [7, 11) is 0. The first-order valence-corrected chi connectivity index (χ1v) is 8.14. The number of halogens is 2. The highest BCUT2D eigenvalue weighted by Crippen LogP contribution is 2.24. The van der Waals surface area contributed by atoms with Crippen LogP contribution in [0.5, 0.6) is 0 Å². The van der Waals surface area contributed by atoms with E-state index in [2.05, 4.69) is 51.2 Å². The minimum atomic E-state index is 0.608. The highest BCUT2D eigenvalue weighted by molar-refractivity contribution is 9.10. The highest BCUT2D eigenvalue weighted by atomic mass is 79.9. The maximum Gasteiger partial charge on any atom is 0.158 e. The average Bonchev–Trinajstić information content (AvgIpc) is 2.66. The second-order valence-electron chi connectivity index (χ2n) is 5.56. The van der Waals surface area contributed by atoms with E-state index in [1.165, 1.54) is 0 Å². The van der Waals surface area contributed by atoms with Crippen molar-refractivity contribution < 1.29 is 0 Å². The standard InChI is InChI=1S/C15H20BrClN4/c1-9(2)6-18-7-12-5-13(16)8-19-15(12)21-11(4)14(17)10(3)20-21/h5,8-9,18H,6-7H2,1-4H3. The van der Waals surface area contributed by atoms with Gasteiger partial charge in [-0.15, -0.1) is 0 Å². The predicted molar refractivity (Wildman–Crippen MR) is 90.1 cm³/mol. The molecule has 2 aromatic heterocycles. The molecule has 1 N–H and O–H groups in total. The molecular weight excluding hydrogens is 352 g/mol. The van der Waals surface area contributed by atoms with Crippen LogP contribution in [0, 0.1) is 19.8 Å². The van der Waals surface area contributed by atoms with Gasteiger partial charge in [-0.25, -0.2) is 9.67 Å². The van der Waals surface area contributed by atoms with E-state index in [4.69, 9.17) is 11.6 Å². The summed E-state index contributed by atoms with van der Waals surface area (Å²) in [5.41, 5.74) is 2.82. The Balaban J connectivity index is 2.36. The Morgan fingerprint density at radius 1 is 1.38 bits per heavy atom. The number of hydrogen-bond acceptors (Lipinski definition) is 3. The maximum absolute atomic E-state index is 6.24. The molecule has 114 valence electrons. The summed E-state index contributed by atoms with van der Waals surface area (Å²) in [6.07, 6.45) is 1.78. The van der Waals surface area contributed by atoms with Gasteiger partial charge in [0.25, 0.3) is 0 Å². The van der Waals surface area contributed by atoms with Gasteiger partial charge in [0, 0.05) is 22.8 Å². The molecule has 6 heteroatoms. The molecule has 0 spiro atoms. The fourth-order valence-electron chi connectivity index (χ4n) is 2.12. The molecule has 4 nitrogen and oxygen atoms in total. The van der Waals surface area contributed by atoms with E-state index in [1.807, 2.05) is 18.5 Å². The monoisotopic (exact) mass is 370 g/mol. The molecule has 0 aliphatic heterocycles. The van der Waals surface area contributed by atoms with E-state index in [-0.39, 0.29) is 0 Å². The number of nitrogens with one attached hydrogen (secondary N) is 1. The highest BCUT2D eigenvalue weighted by Gasteiger charge is 2.15. The van der Waals surface area contributed by atoms with Crippen molar-refractivity contribution in [3.05, 3.63) is 38.7 Å². The first kappa shape index (κ1) is 16.5. The van der Waals surface area contributed by atoms with Gasteiger partial charge in [0.05, 0.1) is 16.4 Å². The Morgan fingerprint density at radius 2 is 2.10 bits per heavy atom. The number of nitrogens with zero attached hydrogens (tertiary/aromatic N) is 3. The fraction of sp³-hybridized carbons (Fsp3) is 0.467. The van der Waals surface area contributed by atoms with Crippen LogP contribution >= 0.6 is 27.5 Å². The summed E-state index contributed by atoms with van der Waals surface area (Å²) in [6.45, 7) is 9.94. The van der Waals surface area contributed by atoms with Crippen molar-refractivity contribution >= 4 is 27.5 Å². The second-order valence-corrected chi connectivity index (χ2v) is 6.85. The van der Waals surface area contributed by atoms with Crippen LogP contribution in [0.1, 0.15) is 30.8 Å². The molecule has 0 saturated heterocycles. The molecule has 0 amide bonds. The predicted octanol–water partition coefficient (Wildman–Crippen LogP) is 4.05. The summed E-state index contributed by atoms with van der Waals surface area (Å²) in [6, 6.07) is 2.07. The van der Waals surface area contributed by atoms with E-state index in [1.54, 1.807) is 6.20 Å². The van der Waals surface area contributed by atoms with Gasteiger partial charge in [-0.2, -0.15) is 5.10 Å². The SMILES string of the molecule is Cc1nn(-c2ncc(Br)cc2CNCC(C)C)c(C)c1Cl. The van der Waals surface area contributed by atoms with Crippen molar-refractivity contribution in [3.63, 3.8) is 0 Å². The van der Waals surface area contributed by atoms with Crippen molar-refractivity contribution in [1.29, 1.82) is 0 Å². The first-order chi connectivity index (χ1) is 9.90. The normalized spacial score (nSPS) is 11.4. The van der Waals surface area contributed by atoms with E-state index in [9.17, 15) is 0 Å². The van der Waals surface area contributed by atoms with Gasteiger partial charge in [0.2, 0.25) is 0 Å². The molecule has 21 heavy (non-hydrogen) atoms. The molecule has 2 aromatic rings. The average molecular weight is 372 g/mol. The molecule has 0 saturated carbocycles. The van der Waals surface area contributed by atoms with Gasteiger partial charge in [0.1, 0.15) is 0 Å². The van der Waals surface area contributed by atoms with E-state index in [0.717, 1.165) is 40.3 Å². The van der Waals surface area contributed by atoms with Gasteiger partial charge < -0.3 is 5.32 Å². The topological polar surface area (TPSA) is 42.7 Å². The van der Waals surface area contributed by atoms with E-state index >= 15 is 0 Å². The lowest BCUT2D eigenvalue weighted by molar-refractivity contribution is 0.550. The Morgan fingerprint density at radius 3 is 2.67 bits per heavy atom. The first-order valence-electron chi connectivity index (χ1n) is 6.97. The maximum atomic E-state index is 6.24. The summed E-state index contributed by atoms with van der Waals surface area (Å²) in [5, 5.41) is 8.63. The van der Waals surface area contributed by atoms with E-state index < -0.39 is 0 Å². The summed E-state index contributed by atoms with van der Waals surface area (Å²) in [4.78, 5) is 4.52. The number of pyridine rings is 1. The lowest BCUT2D eigenvalue weighted by Gasteiger charge is -2.12. The Labute approximate surface area is 139 Å². The minimum absolute atomic E-state index is 0.608.